The Balaban J connectivity index is 1.53. The Morgan fingerprint density at radius 3 is 2.56 bits per heavy atom. The number of benzene rings is 1. The van der Waals surface area contributed by atoms with Gasteiger partial charge in [0.1, 0.15) is 0 Å². The van der Waals surface area contributed by atoms with Gasteiger partial charge < -0.3 is 15.2 Å². The number of carbonyl (C=O) groups excluding carboxylic acids is 1. The van der Waals surface area contributed by atoms with Gasteiger partial charge in [0.2, 0.25) is 17.6 Å². The van der Waals surface area contributed by atoms with Crippen molar-refractivity contribution < 1.29 is 9.32 Å². The van der Waals surface area contributed by atoms with Crippen LogP contribution >= 0.6 is 0 Å². The summed E-state index contributed by atoms with van der Waals surface area (Å²) < 4.78 is 5.38. The van der Waals surface area contributed by atoms with Crippen molar-refractivity contribution >= 4 is 5.91 Å². The summed E-state index contributed by atoms with van der Waals surface area (Å²) in [6.07, 6.45) is 0.406. The Kier molecular flexibility index (Phi) is 5.45. The average molecular weight is 343 g/mol. The third kappa shape index (κ3) is 4.64. The summed E-state index contributed by atoms with van der Waals surface area (Å²) in [6, 6.07) is 7.96. The molecule has 1 amide bonds. The maximum atomic E-state index is 12.0. The van der Waals surface area contributed by atoms with Gasteiger partial charge in [0, 0.05) is 44.2 Å². The molecule has 1 aromatic heterocycles. The highest BCUT2D eigenvalue weighted by Gasteiger charge is 2.23. The van der Waals surface area contributed by atoms with Crippen LogP contribution in [0.5, 0.6) is 0 Å². The molecule has 1 aliphatic heterocycles. The fourth-order valence-electron chi connectivity index (χ4n) is 2.89. The number of rotatable bonds is 5. The Morgan fingerprint density at radius 1 is 1.24 bits per heavy atom. The molecule has 7 heteroatoms. The molecule has 2 aromatic rings. The van der Waals surface area contributed by atoms with Gasteiger partial charge in [-0.1, -0.05) is 35.0 Å². The predicted molar refractivity (Wildman–Crippen MR) is 94.6 cm³/mol. The summed E-state index contributed by atoms with van der Waals surface area (Å²) in [4.78, 5) is 20.6. The van der Waals surface area contributed by atoms with Gasteiger partial charge in [-0.15, -0.1) is 0 Å². The first-order valence-corrected chi connectivity index (χ1v) is 8.66. The second-order valence-corrected chi connectivity index (χ2v) is 6.72. The SMILES string of the molecule is Cc1ccc(-c2noc(CN3CCN(C(=O)CC(C)N)CC3)n2)cc1. The third-order valence-corrected chi connectivity index (χ3v) is 4.36. The number of carbonyl (C=O) groups is 1. The van der Waals surface area contributed by atoms with Crippen LogP contribution in [0.3, 0.4) is 0 Å². The molecule has 1 aromatic carbocycles. The van der Waals surface area contributed by atoms with Crippen LogP contribution in [-0.2, 0) is 11.3 Å². The maximum Gasteiger partial charge on any atom is 0.241 e. The van der Waals surface area contributed by atoms with Gasteiger partial charge in [-0.3, -0.25) is 9.69 Å². The molecule has 0 spiro atoms. The number of hydrogen-bond donors (Lipinski definition) is 1. The molecule has 7 nitrogen and oxygen atoms in total. The van der Waals surface area contributed by atoms with Crippen LogP contribution in [0.4, 0.5) is 0 Å². The van der Waals surface area contributed by atoms with E-state index in [1.54, 1.807) is 0 Å². The largest absolute Gasteiger partial charge is 0.340 e. The number of aromatic nitrogens is 2. The van der Waals surface area contributed by atoms with Crippen molar-refractivity contribution in [2.24, 2.45) is 5.73 Å². The highest BCUT2D eigenvalue weighted by atomic mass is 16.5. The molecule has 1 aliphatic rings. The van der Waals surface area contributed by atoms with Gasteiger partial charge in [0.05, 0.1) is 6.54 Å². The number of aryl methyl sites for hydroxylation is 1. The Morgan fingerprint density at radius 2 is 1.92 bits per heavy atom. The average Bonchev–Trinajstić information content (AvgIpc) is 3.04. The molecule has 0 radical (unpaired) electrons. The lowest BCUT2D eigenvalue weighted by Gasteiger charge is -2.34. The lowest BCUT2D eigenvalue weighted by molar-refractivity contribution is -0.133. The smallest absolute Gasteiger partial charge is 0.241 e. The molecule has 0 saturated carbocycles. The summed E-state index contributed by atoms with van der Waals surface area (Å²) in [5, 5.41) is 4.07. The molecule has 0 bridgehead atoms. The molecule has 3 rings (SSSR count). The van der Waals surface area contributed by atoms with E-state index in [4.69, 9.17) is 10.3 Å². The van der Waals surface area contributed by atoms with Crippen LogP contribution in [0.2, 0.25) is 0 Å². The van der Waals surface area contributed by atoms with Crippen LogP contribution < -0.4 is 5.73 Å². The molecule has 25 heavy (non-hydrogen) atoms. The second kappa shape index (κ2) is 7.76. The first-order valence-electron chi connectivity index (χ1n) is 8.66. The molecule has 1 unspecified atom stereocenters. The van der Waals surface area contributed by atoms with Gasteiger partial charge in [-0.25, -0.2) is 0 Å². The summed E-state index contributed by atoms with van der Waals surface area (Å²) in [5.74, 6) is 1.35. The van der Waals surface area contributed by atoms with Gasteiger partial charge in [0.15, 0.2) is 0 Å². The normalized spacial score (nSPS) is 16.8. The molecule has 134 valence electrons. The van der Waals surface area contributed by atoms with E-state index in [1.807, 2.05) is 43.0 Å². The van der Waals surface area contributed by atoms with Crippen LogP contribution in [0, 0.1) is 6.92 Å². The monoisotopic (exact) mass is 343 g/mol. The van der Waals surface area contributed by atoms with E-state index < -0.39 is 0 Å². The number of hydrogen-bond acceptors (Lipinski definition) is 6. The Hall–Kier alpha value is -2.25. The van der Waals surface area contributed by atoms with Crippen molar-refractivity contribution in [2.45, 2.75) is 32.9 Å². The van der Waals surface area contributed by atoms with E-state index in [0.29, 0.717) is 37.8 Å². The molecular formula is C18H25N5O2. The van der Waals surface area contributed by atoms with Crippen molar-refractivity contribution in [3.63, 3.8) is 0 Å². The highest BCUT2D eigenvalue weighted by molar-refractivity contribution is 5.76. The standard InChI is InChI=1S/C18H25N5O2/c1-13-3-5-15(6-4-13)18-20-16(25-21-18)12-22-7-9-23(10-8-22)17(24)11-14(2)19/h3-6,14H,7-12,19H2,1-2H3. The lowest BCUT2D eigenvalue weighted by atomic mass is 10.1. The van der Waals surface area contributed by atoms with Crippen LogP contribution in [0.1, 0.15) is 24.8 Å². The van der Waals surface area contributed by atoms with E-state index in [0.717, 1.165) is 18.7 Å². The highest BCUT2D eigenvalue weighted by Crippen LogP contribution is 2.17. The van der Waals surface area contributed by atoms with Crippen LogP contribution in [0.25, 0.3) is 11.4 Å². The van der Waals surface area contributed by atoms with Gasteiger partial charge in [-0.2, -0.15) is 4.98 Å². The zero-order chi connectivity index (χ0) is 17.8. The van der Waals surface area contributed by atoms with Crippen molar-refractivity contribution in [3.8, 4) is 11.4 Å². The van der Waals surface area contributed by atoms with Crippen molar-refractivity contribution in [3.05, 3.63) is 35.7 Å². The quantitative estimate of drug-likeness (QED) is 0.883. The van der Waals surface area contributed by atoms with E-state index in [9.17, 15) is 4.79 Å². The zero-order valence-electron chi connectivity index (χ0n) is 14.8. The topological polar surface area (TPSA) is 88.5 Å². The molecule has 1 saturated heterocycles. The molecule has 0 aliphatic carbocycles. The van der Waals surface area contributed by atoms with E-state index in [1.165, 1.54) is 5.56 Å². The summed E-state index contributed by atoms with van der Waals surface area (Å²) in [6.45, 7) is 7.53. The predicted octanol–water partition coefficient (Wildman–Crippen LogP) is 1.43. The maximum absolute atomic E-state index is 12.0. The summed E-state index contributed by atoms with van der Waals surface area (Å²) in [7, 11) is 0. The van der Waals surface area contributed by atoms with Crippen LogP contribution in [-0.4, -0.2) is 58.1 Å². The molecule has 1 fully saturated rings. The van der Waals surface area contributed by atoms with Gasteiger partial charge >= 0.3 is 0 Å². The third-order valence-electron chi connectivity index (χ3n) is 4.36. The molecular weight excluding hydrogens is 318 g/mol. The fraction of sp³-hybridized carbons (Fsp3) is 0.500. The van der Waals surface area contributed by atoms with E-state index in [-0.39, 0.29) is 11.9 Å². The van der Waals surface area contributed by atoms with E-state index >= 15 is 0 Å². The first kappa shape index (κ1) is 17.6. The molecule has 2 heterocycles. The van der Waals surface area contributed by atoms with Crippen molar-refractivity contribution in [2.75, 3.05) is 26.2 Å². The zero-order valence-corrected chi connectivity index (χ0v) is 14.8. The lowest BCUT2D eigenvalue weighted by Crippen LogP contribution is -2.49. The number of amides is 1. The number of piperazine rings is 1. The number of nitrogens with zero attached hydrogens (tertiary/aromatic N) is 4. The summed E-state index contributed by atoms with van der Waals surface area (Å²) >= 11 is 0. The Bertz CT molecular complexity index is 703. The molecule has 1 atom stereocenters. The minimum atomic E-state index is -0.0934. The van der Waals surface area contributed by atoms with Crippen molar-refractivity contribution in [1.82, 2.24) is 19.9 Å². The summed E-state index contributed by atoms with van der Waals surface area (Å²) in [5.41, 5.74) is 7.85. The number of nitrogens with two attached hydrogens (primary N) is 1. The minimum Gasteiger partial charge on any atom is -0.340 e. The molecule has 2 N–H and O–H groups in total. The minimum absolute atomic E-state index is 0.0934. The Labute approximate surface area is 147 Å². The second-order valence-electron chi connectivity index (χ2n) is 6.72. The van der Waals surface area contributed by atoms with Gasteiger partial charge in [-0.05, 0) is 13.8 Å². The first-order chi connectivity index (χ1) is 12.0. The van der Waals surface area contributed by atoms with Crippen molar-refractivity contribution in [1.29, 1.82) is 0 Å². The fourth-order valence-corrected chi connectivity index (χ4v) is 2.89. The van der Waals surface area contributed by atoms with Gasteiger partial charge in [0.25, 0.3) is 0 Å². The van der Waals surface area contributed by atoms with Crippen LogP contribution in [0.15, 0.2) is 28.8 Å². The van der Waals surface area contributed by atoms with E-state index in [2.05, 4.69) is 15.0 Å².